The number of nitriles is 1. The predicted octanol–water partition coefficient (Wildman–Crippen LogP) is 2.80. The van der Waals surface area contributed by atoms with Gasteiger partial charge in [-0.3, -0.25) is 0 Å². The fourth-order valence-corrected chi connectivity index (χ4v) is 2.12. The minimum atomic E-state index is 0.551. The summed E-state index contributed by atoms with van der Waals surface area (Å²) in [6.45, 7) is 1.97. The summed E-state index contributed by atoms with van der Waals surface area (Å²) >= 11 is 1.45. The van der Waals surface area contributed by atoms with Crippen molar-refractivity contribution in [3.05, 3.63) is 41.3 Å². The van der Waals surface area contributed by atoms with E-state index in [1.165, 1.54) is 11.8 Å². The first-order valence-corrected chi connectivity index (χ1v) is 6.25. The highest BCUT2D eigenvalue weighted by Crippen LogP contribution is 2.23. The van der Waals surface area contributed by atoms with E-state index in [-0.39, 0.29) is 0 Å². The molecule has 1 heterocycles. The van der Waals surface area contributed by atoms with Gasteiger partial charge in [-0.2, -0.15) is 5.26 Å². The lowest BCUT2D eigenvalue weighted by molar-refractivity contribution is 0.417. The minimum absolute atomic E-state index is 0.551. The van der Waals surface area contributed by atoms with Gasteiger partial charge in [0.2, 0.25) is 5.89 Å². The summed E-state index contributed by atoms with van der Waals surface area (Å²) in [5.41, 5.74) is 1.67. The van der Waals surface area contributed by atoms with E-state index in [1.807, 2.05) is 25.1 Å². The number of thioether (sulfide) groups is 1. The van der Waals surface area contributed by atoms with Crippen LogP contribution in [0.1, 0.15) is 23.9 Å². The van der Waals surface area contributed by atoms with Crippen molar-refractivity contribution in [1.29, 1.82) is 5.26 Å². The molecule has 1 aromatic carbocycles. The lowest BCUT2D eigenvalue weighted by Crippen LogP contribution is -1.86. The van der Waals surface area contributed by atoms with Crippen LogP contribution in [0.2, 0.25) is 0 Å². The molecule has 4 nitrogen and oxygen atoms in total. The number of aryl methyl sites for hydroxylation is 1. The number of aromatic nitrogens is 2. The van der Waals surface area contributed by atoms with Crippen molar-refractivity contribution in [3.63, 3.8) is 0 Å². The molecule has 1 aromatic heterocycles. The molecule has 0 atom stereocenters. The van der Waals surface area contributed by atoms with Crippen molar-refractivity contribution in [3.8, 4) is 6.07 Å². The summed E-state index contributed by atoms with van der Waals surface area (Å²) in [5.74, 6) is 1.30. The summed E-state index contributed by atoms with van der Waals surface area (Å²) < 4.78 is 5.39. The van der Waals surface area contributed by atoms with E-state index in [0.29, 0.717) is 22.4 Å². The second-order valence-corrected chi connectivity index (χ2v) is 4.30. The van der Waals surface area contributed by atoms with Crippen LogP contribution in [-0.4, -0.2) is 10.2 Å². The van der Waals surface area contributed by atoms with Gasteiger partial charge < -0.3 is 4.42 Å². The monoisotopic (exact) mass is 245 g/mol. The van der Waals surface area contributed by atoms with E-state index in [0.717, 1.165) is 12.0 Å². The van der Waals surface area contributed by atoms with Crippen molar-refractivity contribution < 1.29 is 4.42 Å². The summed E-state index contributed by atoms with van der Waals surface area (Å²) in [4.78, 5) is 0. The number of nitrogens with zero attached hydrogens (tertiary/aromatic N) is 3. The Hall–Kier alpha value is -1.80. The Kier molecular flexibility index (Phi) is 3.78. The molecule has 0 aliphatic carbocycles. The third kappa shape index (κ3) is 2.86. The quantitative estimate of drug-likeness (QED) is 0.775. The molecule has 0 N–H and O–H groups in total. The SMILES string of the molecule is CCc1nnc(SCc2ccccc2C#N)o1. The average molecular weight is 245 g/mol. The smallest absolute Gasteiger partial charge is 0.276 e. The number of benzene rings is 1. The fraction of sp³-hybridized carbons (Fsp3) is 0.250. The van der Waals surface area contributed by atoms with Crippen molar-refractivity contribution in [2.24, 2.45) is 0 Å². The lowest BCUT2D eigenvalue weighted by Gasteiger charge is -2.00. The van der Waals surface area contributed by atoms with E-state index < -0.39 is 0 Å². The third-order valence-corrected chi connectivity index (χ3v) is 3.11. The highest BCUT2D eigenvalue weighted by Gasteiger charge is 2.07. The van der Waals surface area contributed by atoms with E-state index in [4.69, 9.17) is 9.68 Å². The van der Waals surface area contributed by atoms with Gasteiger partial charge in [-0.25, -0.2) is 0 Å². The van der Waals surface area contributed by atoms with E-state index >= 15 is 0 Å². The van der Waals surface area contributed by atoms with Crippen LogP contribution in [0.5, 0.6) is 0 Å². The highest BCUT2D eigenvalue weighted by molar-refractivity contribution is 7.98. The Morgan fingerprint density at radius 1 is 1.35 bits per heavy atom. The summed E-state index contributed by atoms with van der Waals surface area (Å²) in [5, 5.41) is 17.3. The zero-order valence-electron chi connectivity index (χ0n) is 9.38. The molecule has 86 valence electrons. The van der Waals surface area contributed by atoms with Gasteiger partial charge in [0.05, 0.1) is 11.6 Å². The van der Waals surface area contributed by atoms with Crippen LogP contribution in [0.4, 0.5) is 0 Å². The number of hydrogen-bond acceptors (Lipinski definition) is 5. The Morgan fingerprint density at radius 3 is 2.88 bits per heavy atom. The van der Waals surface area contributed by atoms with Gasteiger partial charge in [0.1, 0.15) is 0 Å². The van der Waals surface area contributed by atoms with Crippen molar-refractivity contribution in [2.45, 2.75) is 24.3 Å². The Bertz CT molecular complexity index is 545. The maximum Gasteiger partial charge on any atom is 0.276 e. The van der Waals surface area contributed by atoms with Gasteiger partial charge in [0, 0.05) is 12.2 Å². The maximum absolute atomic E-state index is 8.95. The van der Waals surface area contributed by atoms with Crippen LogP contribution in [0.3, 0.4) is 0 Å². The molecular weight excluding hydrogens is 234 g/mol. The first-order chi connectivity index (χ1) is 8.33. The van der Waals surface area contributed by atoms with Crippen LogP contribution < -0.4 is 0 Å². The first-order valence-electron chi connectivity index (χ1n) is 5.26. The molecule has 0 aliphatic heterocycles. The molecule has 0 saturated carbocycles. The summed E-state index contributed by atoms with van der Waals surface area (Å²) in [6, 6.07) is 9.68. The Morgan fingerprint density at radius 2 is 2.18 bits per heavy atom. The molecule has 0 saturated heterocycles. The van der Waals surface area contributed by atoms with Crippen LogP contribution in [0.15, 0.2) is 33.9 Å². The molecule has 0 radical (unpaired) electrons. The second kappa shape index (κ2) is 5.51. The predicted molar refractivity (Wildman–Crippen MR) is 64.4 cm³/mol. The minimum Gasteiger partial charge on any atom is -0.416 e. The zero-order valence-corrected chi connectivity index (χ0v) is 10.2. The summed E-state index contributed by atoms with van der Waals surface area (Å²) in [7, 11) is 0. The van der Waals surface area contributed by atoms with Crippen LogP contribution in [0.25, 0.3) is 0 Å². The Balaban J connectivity index is 2.05. The molecule has 5 heteroatoms. The largest absolute Gasteiger partial charge is 0.416 e. The number of rotatable bonds is 4. The van der Waals surface area contributed by atoms with Crippen LogP contribution in [-0.2, 0) is 12.2 Å². The van der Waals surface area contributed by atoms with Gasteiger partial charge >= 0.3 is 0 Å². The third-order valence-electron chi connectivity index (χ3n) is 2.24. The molecule has 0 bridgehead atoms. The van der Waals surface area contributed by atoms with Crippen LogP contribution in [0, 0.1) is 11.3 Å². The van der Waals surface area contributed by atoms with Gasteiger partial charge in [-0.05, 0) is 11.6 Å². The molecule has 2 rings (SSSR count). The topological polar surface area (TPSA) is 62.7 Å². The fourth-order valence-electron chi connectivity index (χ4n) is 1.33. The van der Waals surface area contributed by atoms with E-state index in [1.54, 1.807) is 6.07 Å². The normalized spacial score (nSPS) is 10.1. The summed E-state index contributed by atoms with van der Waals surface area (Å²) in [6.07, 6.45) is 0.738. The molecule has 0 unspecified atom stereocenters. The average Bonchev–Trinajstić information content (AvgIpc) is 2.84. The first kappa shape index (κ1) is 11.7. The van der Waals surface area contributed by atoms with Crippen molar-refractivity contribution in [2.75, 3.05) is 0 Å². The lowest BCUT2D eigenvalue weighted by atomic mass is 10.1. The molecule has 0 fully saturated rings. The van der Waals surface area contributed by atoms with Gasteiger partial charge in [0.15, 0.2) is 0 Å². The molecular formula is C12H11N3OS. The van der Waals surface area contributed by atoms with Gasteiger partial charge in [-0.15, -0.1) is 10.2 Å². The zero-order chi connectivity index (χ0) is 12.1. The second-order valence-electron chi connectivity index (χ2n) is 3.37. The molecule has 0 amide bonds. The van der Waals surface area contributed by atoms with Crippen molar-refractivity contribution >= 4 is 11.8 Å². The maximum atomic E-state index is 8.95. The number of hydrogen-bond donors (Lipinski definition) is 0. The van der Waals surface area contributed by atoms with Gasteiger partial charge in [-0.1, -0.05) is 36.9 Å². The standard InChI is InChI=1S/C12H11N3OS/c1-2-11-14-15-12(16-11)17-8-10-6-4-3-5-9(10)7-13/h3-6H,2,8H2,1H3. The molecule has 2 aromatic rings. The van der Waals surface area contributed by atoms with Gasteiger partial charge in [0.25, 0.3) is 5.22 Å². The Labute approximate surface area is 104 Å². The molecule has 17 heavy (non-hydrogen) atoms. The molecule has 0 aliphatic rings. The molecule has 0 spiro atoms. The highest BCUT2D eigenvalue weighted by atomic mass is 32.2. The van der Waals surface area contributed by atoms with E-state index in [2.05, 4.69) is 16.3 Å². The van der Waals surface area contributed by atoms with E-state index in [9.17, 15) is 0 Å². The van der Waals surface area contributed by atoms with Crippen LogP contribution >= 0.6 is 11.8 Å². The van der Waals surface area contributed by atoms with Crippen molar-refractivity contribution in [1.82, 2.24) is 10.2 Å².